The molecular weight excluding hydrogens is 623 g/mol. The Kier molecular flexibility index (Phi) is 6.91. The highest BCUT2D eigenvalue weighted by molar-refractivity contribution is 6.13. The van der Waals surface area contributed by atoms with Gasteiger partial charge >= 0.3 is 0 Å². The summed E-state index contributed by atoms with van der Waals surface area (Å²) in [5.41, 5.74) is 10.6. The van der Waals surface area contributed by atoms with Gasteiger partial charge in [-0.3, -0.25) is 0 Å². The molecule has 1 unspecified atom stereocenters. The summed E-state index contributed by atoms with van der Waals surface area (Å²) in [5, 5.41) is 4.34. The maximum absolute atomic E-state index is 6.53. The van der Waals surface area contributed by atoms with Crippen molar-refractivity contribution in [3.05, 3.63) is 180 Å². The van der Waals surface area contributed by atoms with Gasteiger partial charge in [-0.15, -0.1) is 0 Å². The summed E-state index contributed by atoms with van der Waals surface area (Å²) in [6.45, 7) is 0. The third-order valence-electron chi connectivity index (χ3n) is 10.1. The van der Waals surface area contributed by atoms with Gasteiger partial charge in [-0.25, -0.2) is 15.0 Å². The predicted octanol–water partition coefficient (Wildman–Crippen LogP) is 11.9. The molecule has 2 aromatic heterocycles. The van der Waals surface area contributed by atoms with Crippen molar-refractivity contribution in [2.75, 3.05) is 0 Å². The minimum Gasteiger partial charge on any atom is -0.456 e. The SMILES string of the molecule is C1=CC(c2ccc(-c3cc(-c4nc(-c5ccccc5)nc(-c5ccc6ccccc6c5)n4)c4c(c3)oc3ccccc34)cc2)Cc2ccccc21. The van der Waals surface area contributed by atoms with Crippen LogP contribution in [0.2, 0.25) is 0 Å². The molecule has 0 N–H and O–H groups in total. The van der Waals surface area contributed by atoms with E-state index in [0.717, 1.165) is 61.6 Å². The number of nitrogens with zero attached hydrogens (tertiary/aromatic N) is 3. The first-order valence-corrected chi connectivity index (χ1v) is 17.4. The van der Waals surface area contributed by atoms with Crippen LogP contribution in [0.1, 0.15) is 22.6 Å². The topological polar surface area (TPSA) is 51.8 Å². The summed E-state index contributed by atoms with van der Waals surface area (Å²) >= 11 is 0. The van der Waals surface area contributed by atoms with Crippen molar-refractivity contribution in [1.29, 1.82) is 0 Å². The van der Waals surface area contributed by atoms with Crippen molar-refractivity contribution in [1.82, 2.24) is 15.0 Å². The van der Waals surface area contributed by atoms with E-state index in [1.807, 2.05) is 42.5 Å². The Morgan fingerprint density at radius 3 is 2.08 bits per heavy atom. The molecule has 0 saturated heterocycles. The molecular formula is C47H31N3O. The molecule has 10 rings (SSSR count). The van der Waals surface area contributed by atoms with Crippen LogP contribution in [0.5, 0.6) is 0 Å². The Labute approximate surface area is 295 Å². The minimum atomic E-state index is 0.345. The number of hydrogen-bond donors (Lipinski definition) is 0. The van der Waals surface area contributed by atoms with Crippen molar-refractivity contribution in [3.8, 4) is 45.3 Å². The molecule has 4 heteroatoms. The van der Waals surface area contributed by atoms with E-state index in [1.165, 1.54) is 22.1 Å². The highest BCUT2D eigenvalue weighted by atomic mass is 16.3. The number of para-hydroxylation sites is 1. The van der Waals surface area contributed by atoms with Crippen LogP contribution in [0.3, 0.4) is 0 Å². The molecule has 0 radical (unpaired) electrons. The highest BCUT2D eigenvalue weighted by Crippen LogP contribution is 2.40. The standard InChI is InChI=1S/C47H31N3O/c1-2-12-34(13-3-1)45-48-46(38-25-23-31-11-5-7-15-36(31)27-38)50-47(49-45)41-28-39(29-43-44(41)40-16-8-9-17-42(40)51-43)33-20-18-32(19-21-33)37-24-22-30-10-4-6-14-35(30)26-37/h1-25,27-29,37H,26H2. The molecule has 4 nitrogen and oxygen atoms in total. The van der Waals surface area contributed by atoms with Crippen LogP contribution in [0, 0.1) is 0 Å². The molecule has 7 aromatic carbocycles. The van der Waals surface area contributed by atoms with Gasteiger partial charge in [0.05, 0.1) is 0 Å². The summed E-state index contributed by atoms with van der Waals surface area (Å²) in [6, 6.07) is 55.1. The van der Waals surface area contributed by atoms with E-state index < -0.39 is 0 Å². The number of rotatable bonds is 5. The largest absolute Gasteiger partial charge is 0.456 e. The number of aromatic nitrogens is 3. The van der Waals surface area contributed by atoms with E-state index in [2.05, 4.69) is 127 Å². The lowest BCUT2D eigenvalue weighted by Gasteiger charge is -2.20. The molecule has 51 heavy (non-hydrogen) atoms. The number of allylic oxidation sites excluding steroid dienone is 1. The molecule has 0 spiro atoms. The summed E-state index contributed by atoms with van der Waals surface area (Å²) in [5.74, 6) is 2.20. The van der Waals surface area contributed by atoms with Gasteiger partial charge in [0.2, 0.25) is 0 Å². The van der Waals surface area contributed by atoms with Gasteiger partial charge in [-0.1, -0.05) is 146 Å². The Balaban J connectivity index is 1.14. The molecule has 9 aromatic rings. The van der Waals surface area contributed by atoms with Crippen molar-refractivity contribution in [2.24, 2.45) is 0 Å². The summed E-state index contributed by atoms with van der Waals surface area (Å²) in [4.78, 5) is 15.4. The van der Waals surface area contributed by atoms with Crippen molar-refractivity contribution < 1.29 is 4.42 Å². The van der Waals surface area contributed by atoms with Crippen LogP contribution in [0.4, 0.5) is 0 Å². The molecule has 0 aliphatic heterocycles. The number of benzene rings is 7. The zero-order valence-corrected chi connectivity index (χ0v) is 27.7. The van der Waals surface area contributed by atoms with E-state index in [0.29, 0.717) is 23.4 Å². The maximum Gasteiger partial charge on any atom is 0.164 e. The van der Waals surface area contributed by atoms with Gasteiger partial charge in [0.25, 0.3) is 0 Å². The molecule has 1 aliphatic rings. The molecule has 1 atom stereocenters. The fraction of sp³-hybridized carbons (Fsp3) is 0.0426. The Morgan fingerprint density at radius 1 is 0.490 bits per heavy atom. The lowest BCUT2D eigenvalue weighted by atomic mass is 9.85. The molecule has 0 amide bonds. The van der Waals surface area contributed by atoms with E-state index in [-0.39, 0.29) is 0 Å². The van der Waals surface area contributed by atoms with E-state index >= 15 is 0 Å². The average Bonchev–Trinajstić information content (AvgIpc) is 3.59. The first kappa shape index (κ1) is 29.3. The van der Waals surface area contributed by atoms with Gasteiger partial charge in [-0.2, -0.15) is 0 Å². The van der Waals surface area contributed by atoms with Gasteiger partial charge in [0.15, 0.2) is 17.5 Å². The zero-order chi connectivity index (χ0) is 33.7. The third kappa shape index (κ3) is 5.29. The monoisotopic (exact) mass is 653 g/mol. The van der Waals surface area contributed by atoms with Crippen LogP contribution < -0.4 is 0 Å². The smallest absolute Gasteiger partial charge is 0.164 e. The van der Waals surface area contributed by atoms with Gasteiger partial charge in [0, 0.05) is 33.4 Å². The molecule has 1 aliphatic carbocycles. The Morgan fingerprint density at radius 2 is 1.20 bits per heavy atom. The first-order chi connectivity index (χ1) is 25.2. The second-order valence-electron chi connectivity index (χ2n) is 13.2. The summed E-state index contributed by atoms with van der Waals surface area (Å²) in [6.07, 6.45) is 5.59. The Bertz CT molecular complexity index is 2780. The van der Waals surface area contributed by atoms with Crippen LogP contribution >= 0.6 is 0 Å². The van der Waals surface area contributed by atoms with Crippen LogP contribution in [0.15, 0.2) is 168 Å². The van der Waals surface area contributed by atoms with Crippen LogP contribution in [0.25, 0.3) is 84.1 Å². The second-order valence-corrected chi connectivity index (χ2v) is 13.2. The van der Waals surface area contributed by atoms with E-state index in [9.17, 15) is 0 Å². The predicted molar refractivity (Wildman–Crippen MR) is 208 cm³/mol. The third-order valence-corrected chi connectivity index (χ3v) is 10.1. The van der Waals surface area contributed by atoms with E-state index in [1.54, 1.807) is 0 Å². The number of hydrogen-bond acceptors (Lipinski definition) is 4. The lowest BCUT2D eigenvalue weighted by Crippen LogP contribution is -2.05. The van der Waals surface area contributed by atoms with Crippen LogP contribution in [-0.4, -0.2) is 15.0 Å². The van der Waals surface area contributed by atoms with Gasteiger partial charge in [-0.05, 0) is 69.3 Å². The fourth-order valence-corrected chi connectivity index (χ4v) is 7.43. The summed E-state index contributed by atoms with van der Waals surface area (Å²) < 4.78 is 6.53. The van der Waals surface area contributed by atoms with Gasteiger partial charge < -0.3 is 4.42 Å². The summed E-state index contributed by atoms with van der Waals surface area (Å²) in [7, 11) is 0. The lowest BCUT2D eigenvalue weighted by molar-refractivity contribution is 0.669. The maximum atomic E-state index is 6.53. The molecule has 0 fully saturated rings. The minimum absolute atomic E-state index is 0.345. The second kappa shape index (κ2) is 12.0. The highest BCUT2D eigenvalue weighted by Gasteiger charge is 2.21. The number of furan rings is 1. The zero-order valence-electron chi connectivity index (χ0n) is 27.7. The quantitative estimate of drug-likeness (QED) is 0.185. The average molecular weight is 654 g/mol. The molecule has 0 saturated carbocycles. The molecule has 2 heterocycles. The van der Waals surface area contributed by atoms with Crippen molar-refractivity contribution >= 4 is 38.8 Å². The van der Waals surface area contributed by atoms with E-state index in [4.69, 9.17) is 19.4 Å². The van der Waals surface area contributed by atoms with Gasteiger partial charge in [0.1, 0.15) is 11.2 Å². The molecule has 240 valence electrons. The number of fused-ring (bicyclic) bond motifs is 5. The first-order valence-electron chi connectivity index (χ1n) is 17.4. The van der Waals surface area contributed by atoms with Crippen molar-refractivity contribution in [2.45, 2.75) is 12.3 Å². The molecule has 0 bridgehead atoms. The van der Waals surface area contributed by atoms with Crippen LogP contribution in [-0.2, 0) is 6.42 Å². The Hall–Kier alpha value is -6.65. The van der Waals surface area contributed by atoms with Crippen molar-refractivity contribution in [3.63, 3.8) is 0 Å². The normalized spacial score (nSPS) is 13.9. The fourth-order valence-electron chi connectivity index (χ4n) is 7.43.